The molecule has 0 spiro atoms. The molecule has 146 valence electrons. The van der Waals surface area contributed by atoms with Crippen molar-refractivity contribution in [2.24, 2.45) is 0 Å². The number of carbonyl (C=O) groups is 1. The van der Waals surface area contributed by atoms with E-state index >= 15 is 0 Å². The van der Waals surface area contributed by atoms with Crippen molar-refractivity contribution in [2.75, 3.05) is 11.4 Å². The van der Waals surface area contributed by atoms with Gasteiger partial charge in [-0.05, 0) is 93.0 Å². The van der Waals surface area contributed by atoms with E-state index in [1.54, 1.807) is 0 Å². The van der Waals surface area contributed by atoms with Crippen LogP contribution in [0, 0.1) is 3.57 Å². The van der Waals surface area contributed by atoms with Crippen molar-refractivity contribution in [3.05, 3.63) is 91.5 Å². The lowest BCUT2D eigenvalue weighted by atomic mass is 10.0. The molecule has 0 radical (unpaired) electrons. The first-order valence-corrected chi connectivity index (χ1v) is 11.2. The minimum atomic E-state index is 0.0452. The SMILES string of the molecule is CCN1C(=O)/C(=C\c2ccc(OCc3ccc(I)cc3)c(Br)c2)c2ccccc21. The zero-order valence-corrected chi connectivity index (χ0v) is 19.6. The van der Waals surface area contributed by atoms with Gasteiger partial charge in [0, 0.05) is 21.3 Å². The van der Waals surface area contributed by atoms with E-state index in [-0.39, 0.29) is 5.91 Å². The van der Waals surface area contributed by atoms with Crippen molar-refractivity contribution in [1.82, 2.24) is 0 Å². The van der Waals surface area contributed by atoms with E-state index in [9.17, 15) is 4.79 Å². The lowest BCUT2D eigenvalue weighted by Gasteiger charge is -2.13. The van der Waals surface area contributed by atoms with Gasteiger partial charge in [-0.1, -0.05) is 36.4 Å². The van der Waals surface area contributed by atoms with Crippen LogP contribution in [0.2, 0.25) is 0 Å². The minimum Gasteiger partial charge on any atom is -0.488 e. The maximum Gasteiger partial charge on any atom is 0.258 e. The number of fused-ring (bicyclic) bond motifs is 1. The van der Waals surface area contributed by atoms with Gasteiger partial charge >= 0.3 is 0 Å². The summed E-state index contributed by atoms with van der Waals surface area (Å²) < 4.78 is 8.02. The molecule has 0 saturated heterocycles. The predicted octanol–water partition coefficient (Wildman–Crippen LogP) is 6.54. The second kappa shape index (κ2) is 8.71. The number of nitrogens with zero attached hydrogens (tertiary/aromatic N) is 1. The number of anilines is 1. The Balaban J connectivity index is 1.56. The van der Waals surface area contributed by atoms with E-state index < -0.39 is 0 Å². The number of likely N-dealkylation sites (N-methyl/N-ethyl adjacent to an activating group) is 1. The van der Waals surface area contributed by atoms with Crippen LogP contribution in [-0.2, 0) is 11.4 Å². The minimum absolute atomic E-state index is 0.0452. The fraction of sp³-hybridized carbons (Fsp3) is 0.125. The summed E-state index contributed by atoms with van der Waals surface area (Å²) in [6.45, 7) is 3.16. The molecule has 0 bridgehead atoms. The molecule has 1 heterocycles. The third kappa shape index (κ3) is 4.26. The highest BCUT2D eigenvalue weighted by atomic mass is 127. The Morgan fingerprint density at radius 1 is 1.07 bits per heavy atom. The summed E-state index contributed by atoms with van der Waals surface area (Å²) >= 11 is 5.89. The number of rotatable bonds is 5. The van der Waals surface area contributed by atoms with Gasteiger partial charge in [-0.3, -0.25) is 4.79 Å². The van der Waals surface area contributed by atoms with Crippen LogP contribution in [0.15, 0.2) is 71.2 Å². The Bertz CT molecular complexity index is 1090. The monoisotopic (exact) mass is 559 g/mol. The lowest BCUT2D eigenvalue weighted by Crippen LogP contribution is -2.25. The Labute approximate surface area is 192 Å². The summed E-state index contributed by atoms with van der Waals surface area (Å²) in [7, 11) is 0. The van der Waals surface area contributed by atoms with E-state index in [1.807, 2.05) is 60.4 Å². The lowest BCUT2D eigenvalue weighted by molar-refractivity contribution is -0.112. The summed E-state index contributed by atoms with van der Waals surface area (Å²) in [6.07, 6.45) is 1.95. The molecular formula is C24H19BrINO2. The molecule has 0 atom stereocenters. The van der Waals surface area contributed by atoms with Gasteiger partial charge in [-0.15, -0.1) is 0 Å². The van der Waals surface area contributed by atoms with Crippen LogP contribution in [0.4, 0.5) is 5.69 Å². The van der Waals surface area contributed by atoms with Gasteiger partial charge in [-0.25, -0.2) is 0 Å². The van der Waals surface area contributed by atoms with Crippen LogP contribution in [0.5, 0.6) is 5.75 Å². The normalized spacial score (nSPS) is 14.4. The maximum atomic E-state index is 12.9. The summed E-state index contributed by atoms with van der Waals surface area (Å²) in [4.78, 5) is 14.7. The number of ether oxygens (including phenoxy) is 1. The Hall–Kier alpha value is -2.12. The second-order valence-corrected chi connectivity index (χ2v) is 8.83. The standard InChI is InChI=1S/C24H19BrINO2/c1-2-27-22-6-4-3-5-19(22)20(24(27)28)13-17-9-12-23(21(25)14-17)29-15-16-7-10-18(26)11-8-16/h3-14H,2,15H2,1H3/b20-13-. The fourth-order valence-corrected chi connectivity index (χ4v) is 4.26. The highest BCUT2D eigenvalue weighted by molar-refractivity contribution is 14.1. The molecular weight excluding hydrogens is 541 g/mol. The summed E-state index contributed by atoms with van der Waals surface area (Å²) in [5, 5.41) is 0. The molecule has 1 aliphatic rings. The topological polar surface area (TPSA) is 29.5 Å². The number of halogens is 2. The summed E-state index contributed by atoms with van der Waals surface area (Å²) in [6, 6.07) is 22.1. The van der Waals surface area contributed by atoms with Crippen molar-refractivity contribution < 1.29 is 9.53 Å². The third-order valence-electron chi connectivity index (χ3n) is 4.85. The molecule has 3 aromatic carbocycles. The molecule has 1 amide bonds. The quantitative estimate of drug-likeness (QED) is 0.262. The van der Waals surface area contributed by atoms with Crippen molar-refractivity contribution in [3.8, 4) is 5.75 Å². The van der Waals surface area contributed by atoms with Gasteiger partial charge in [-0.2, -0.15) is 0 Å². The van der Waals surface area contributed by atoms with E-state index in [4.69, 9.17) is 4.74 Å². The first kappa shape index (κ1) is 20.2. The van der Waals surface area contributed by atoms with E-state index in [0.717, 1.165) is 38.2 Å². The van der Waals surface area contributed by atoms with Gasteiger partial charge in [0.15, 0.2) is 0 Å². The molecule has 1 aliphatic heterocycles. The third-order valence-corrected chi connectivity index (χ3v) is 6.19. The second-order valence-electron chi connectivity index (χ2n) is 6.73. The zero-order valence-electron chi connectivity index (χ0n) is 15.9. The van der Waals surface area contributed by atoms with Gasteiger partial charge in [0.2, 0.25) is 0 Å². The maximum absolute atomic E-state index is 12.9. The van der Waals surface area contributed by atoms with Crippen LogP contribution in [0.1, 0.15) is 23.6 Å². The number of hydrogen-bond acceptors (Lipinski definition) is 2. The first-order valence-electron chi connectivity index (χ1n) is 9.36. The van der Waals surface area contributed by atoms with Crippen LogP contribution in [0.25, 0.3) is 11.6 Å². The average molecular weight is 560 g/mol. The van der Waals surface area contributed by atoms with Crippen molar-refractivity contribution in [1.29, 1.82) is 0 Å². The van der Waals surface area contributed by atoms with Gasteiger partial charge in [0.25, 0.3) is 5.91 Å². The smallest absolute Gasteiger partial charge is 0.258 e. The molecule has 0 fully saturated rings. The largest absolute Gasteiger partial charge is 0.488 e. The number of carbonyl (C=O) groups excluding carboxylic acids is 1. The van der Waals surface area contributed by atoms with Gasteiger partial charge in [0.05, 0.1) is 10.2 Å². The van der Waals surface area contributed by atoms with E-state index in [0.29, 0.717) is 13.2 Å². The van der Waals surface area contributed by atoms with Crippen LogP contribution in [0.3, 0.4) is 0 Å². The highest BCUT2D eigenvalue weighted by Crippen LogP contribution is 2.38. The number of para-hydroxylation sites is 1. The Morgan fingerprint density at radius 2 is 1.83 bits per heavy atom. The van der Waals surface area contributed by atoms with Gasteiger partial charge < -0.3 is 9.64 Å². The van der Waals surface area contributed by atoms with Crippen molar-refractivity contribution in [3.63, 3.8) is 0 Å². The molecule has 0 unspecified atom stereocenters. The number of amides is 1. The molecule has 0 aliphatic carbocycles. The Morgan fingerprint density at radius 3 is 2.55 bits per heavy atom. The molecule has 5 heteroatoms. The first-order chi connectivity index (χ1) is 14.1. The summed E-state index contributed by atoms with van der Waals surface area (Å²) in [5.41, 5.74) is 4.75. The molecule has 29 heavy (non-hydrogen) atoms. The summed E-state index contributed by atoms with van der Waals surface area (Å²) in [5.74, 6) is 0.822. The van der Waals surface area contributed by atoms with Gasteiger partial charge in [0.1, 0.15) is 12.4 Å². The van der Waals surface area contributed by atoms with Crippen molar-refractivity contribution in [2.45, 2.75) is 13.5 Å². The fourth-order valence-electron chi connectivity index (χ4n) is 3.39. The molecule has 3 aromatic rings. The molecule has 0 N–H and O–H groups in total. The van der Waals surface area contributed by atoms with E-state index in [2.05, 4.69) is 62.8 Å². The zero-order chi connectivity index (χ0) is 20.4. The molecule has 4 rings (SSSR count). The molecule has 3 nitrogen and oxygen atoms in total. The average Bonchev–Trinajstić information content (AvgIpc) is 2.99. The van der Waals surface area contributed by atoms with Crippen LogP contribution in [-0.4, -0.2) is 12.5 Å². The molecule has 0 aromatic heterocycles. The number of benzene rings is 3. The Kier molecular flexibility index (Phi) is 6.06. The number of hydrogen-bond donors (Lipinski definition) is 0. The van der Waals surface area contributed by atoms with Crippen molar-refractivity contribution >= 4 is 61.8 Å². The van der Waals surface area contributed by atoms with E-state index in [1.165, 1.54) is 3.57 Å². The van der Waals surface area contributed by atoms with Crippen LogP contribution < -0.4 is 9.64 Å². The molecule has 0 saturated carbocycles. The van der Waals surface area contributed by atoms with Crippen LogP contribution >= 0.6 is 38.5 Å². The predicted molar refractivity (Wildman–Crippen MR) is 130 cm³/mol. The highest BCUT2D eigenvalue weighted by Gasteiger charge is 2.30.